The fourth-order valence-electron chi connectivity index (χ4n) is 9.23. The van der Waals surface area contributed by atoms with Crippen LogP contribution in [0.2, 0.25) is 0 Å². The molecule has 1 aromatic carbocycles. The molecule has 6 amide bonds. The second-order valence-electron chi connectivity index (χ2n) is 21.3. The number of imide groups is 1. The molecule has 1 unspecified atom stereocenters. The van der Waals surface area contributed by atoms with Gasteiger partial charge in [-0.05, 0) is 131 Å². The molecule has 5 fully saturated rings. The highest BCUT2D eigenvalue weighted by atomic mass is 32.2. The van der Waals surface area contributed by atoms with Crippen LogP contribution in [-0.4, -0.2) is 124 Å². The molecular weight excluding hydrogens is 919 g/mol. The summed E-state index contributed by atoms with van der Waals surface area (Å²) in [4.78, 5) is 102. The van der Waals surface area contributed by atoms with Crippen LogP contribution < -0.4 is 20.7 Å². The first kappa shape index (κ1) is 52.4. The van der Waals surface area contributed by atoms with E-state index in [4.69, 9.17) is 28.3 Å². The quantitative estimate of drug-likeness (QED) is 0.0490. The lowest BCUT2D eigenvalue weighted by atomic mass is 9.43. The van der Waals surface area contributed by atoms with Crippen LogP contribution in [0.15, 0.2) is 22.4 Å². The highest BCUT2D eigenvalue weighted by Crippen LogP contribution is 2.65. The smallest absolute Gasteiger partial charge is 0.456 e. The molecule has 1 aromatic heterocycles. The number of nitrogens with zero attached hydrogens (tertiary/aromatic N) is 3. The van der Waals surface area contributed by atoms with Crippen molar-refractivity contribution in [3.63, 3.8) is 0 Å². The van der Waals surface area contributed by atoms with E-state index in [1.54, 1.807) is 87.6 Å². The second kappa shape index (κ2) is 19.5. The van der Waals surface area contributed by atoms with Gasteiger partial charge < -0.3 is 43.8 Å². The molecule has 0 spiro atoms. The van der Waals surface area contributed by atoms with E-state index in [0.717, 1.165) is 22.7 Å². The highest BCUT2D eigenvalue weighted by Gasteiger charge is 2.68. The predicted molar refractivity (Wildman–Crippen MR) is 253 cm³/mol. The van der Waals surface area contributed by atoms with Crippen molar-refractivity contribution in [2.45, 2.75) is 155 Å². The Balaban J connectivity index is 1.42. The van der Waals surface area contributed by atoms with Gasteiger partial charge in [0.05, 0.1) is 23.3 Å². The van der Waals surface area contributed by atoms with Crippen LogP contribution in [-0.2, 0) is 44.3 Å². The normalized spacial score (nSPS) is 23.1. The second-order valence-corrected chi connectivity index (χ2v) is 23.0. The summed E-state index contributed by atoms with van der Waals surface area (Å²) in [6, 6.07) is 0.669. The van der Waals surface area contributed by atoms with E-state index in [1.165, 1.54) is 22.0 Å². The minimum atomic E-state index is -1.64. The number of ether oxygens (including phenoxy) is 4. The maximum atomic E-state index is 15.1. The zero-order valence-corrected chi connectivity index (χ0v) is 43.0. The summed E-state index contributed by atoms with van der Waals surface area (Å²) in [5.74, 6) is -4.34. The van der Waals surface area contributed by atoms with Crippen molar-refractivity contribution in [2.75, 3.05) is 31.2 Å². The van der Waals surface area contributed by atoms with Crippen molar-refractivity contribution < 1.29 is 61.8 Å². The van der Waals surface area contributed by atoms with Gasteiger partial charge >= 0.3 is 43.2 Å². The third-order valence-corrected chi connectivity index (χ3v) is 14.1. The van der Waals surface area contributed by atoms with Crippen LogP contribution in [0.25, 0.3) is 0 Å². The zero-order valence-electron chi connectivity index (χ0n) is 41.4. The fourth-order valence-corrected chi connectivity index (χ4v) is 10.5. The number of piperazine rings is 1. The Labute approximate surface area is 406 Å². The van der Waals surface area contributed by atoms with Crippen LogP contribution in [0.4, 0.5) is 19.5 Å². The first-order valence-corrected chi connectivity index (χ1v) is 24.9. The van der Waals surface area contributed by atoms with E-state index >= 15 is 4.79 Å². The van der Waals surface area contributed by atoms with Gasteiger partial charge in [-0.25, -0.2) is 24.2 Å². The van der Waals surface area contributed by atoms with Crippen molar-refractivity contribution in [3.05, 3.63) is 34.3 Å². The van der Waals surface area contributed by atoms with Crippen molar-refractivity contribution in [1.82, 2.24) is 25.4 Å². The SMILES string of the molecule is CCN1CCN(C(=O)NC(C(=O)N[C@@H](Cc2ccc(SC)c(C(=O)OC(C)(C)C)c2OC(=O)OC(C)(C)C)B2O[C@@H]3C[C@@H]4C[C@@H](C4(C)C)[C@]3(C)O2)c2csc(NC(=O)OC(C)(C)C)n2)C(=O)C1=O. The highest BCUT2D eigenvalue weighted by molar-refractivity contribution is 7.98. The lowest BCUT2D eigenvalue weighted by Gasteiger charge is -2.64. The molecule has 22 heteroatoms. The minimum Gasteiger partial charge on any atom is -0.456 e. The molecular formula is C46H65BN6O13S2. The molecule has 2 aromatic rings. The van der Waals surface area contributed by atoms with Gasteiger partial charge in [-0.1, -0.05) is 19.9 Å². The molecule has 3 aliphatic carbocycles. The van der Waals surface area contributed by atoms with E-state index in [1.807, 2.05) is 6.92 Å². The number of likely N-dealkylation sites (N-methyl/N-ethyl adjacent to an activating group) is 1. The molecule has 2 saturated heterocycles. The van der Waals surface area contributed by atoms with Crippen LogP contribution in [0.1, 0.15) is 131 Å². The number of nitrogens with one attached hydrogen (secondary N) is 3. The first-order chi connectivity index (χ1) is 31.4. The summed E-state index contributed by atoms with van der Waals surface area (Å²) in [5, 5.41) is 9.66. The molecule has 372 valence electrons. The molecule has 2 bridgehead atoms. The number of urea groups is 1. The molecule has 6 atom stereocenters. The molecule has 0 radical (unpaired) electrons. The van der Waals surface area contributed by atoms with Crippen LogP contribution in [0.3, 0.4) is 0 Å². The Morgan fingerprint density at radius 3 is 2.19 bits per heavy atom. The maximum absolute atomic E-state index is 15.1. The molecule has 7 rings (SSSR count). The number of rotatable bonds is 12. The van der Waals surface area contributed by atoms with Gasteiger partial charge in [-0.3, -0.25) is 24.6 Å². The number of hydrogen-bond donors (Lipinski definition) is 3. The lowest BCUT2D eigenvalue weighted by molar-refractivity contribution is -0.199. The Morgan fingerprint density at radius 2 is 1.59 bits per heavy atom. The molecule has 3 heterocycles. The summed E-state index contributed by atoms with van der Waals surface area (Å²) in [6.45, 7) is 23.5. The Kier molecular flexibility index (Phi) is 15.0. The molecule has 5 aliphatic rings. The van der Waals surface area contributed by atoms with Gasteiger partial charge in [0.25, 0.3) is 0 Å². The van der Waals surface area contributed by atoms with Gasteiger partial charge in [0.15, 0.2) is 16.9 Å². The first-order valence-electron chi connectivity index (χ1n) is 22.8. The Bertz CT molecular complexity index is 2320. The van der Waals surface area contributed by atoms with Gasteiger partial charge in [0.2, 0.25) is 5.91 Å². The number of carbonyl (C=O) groups is 7. The summed E-state index contributed by atoms with van der Waals surface area (Å²) in [5.41, 5.74) is -3.35. The predicted octanol–water partition coefficient (Wildman–Crippen LogP) is 6.92. The maximum Gasteiger partial charge on any atom is 0.514 e. The number of esters is 1. The van der Waals surface area contributed by atoms with Crippen molar-refractivity contribution >= 4 is 77.3 Å². The molecule has 3 saturated carbocycles. The average Bonchev–Trinajstić information content (AvgIpc) is 3.82. The number of aromatic nitrogens is 1. The molecule has 68 heavy (non-hydrogen) atoms. The molecule has 19 nitrogen and oxygen atoms in total. The summed E-state index contributed by atoms with van der Waals surface area (Å²) >= 11 is 2.18. The van der Waals surface area contributed by atoms with Crippen LogP contribution in [0.5, 0.6) is 5.75 Å². The van der Waals surface area contributed by atoms with Gasteiger partial charge in [0, 0.05) is 29.9 Å². The van der Waals surface area contributed by atoms with Crippen molar-refractivity contribution in [2.24, 2.45) is 17.3 Å². The third-order valence-electron chi connectivity index (χ3n) is 12.6. The topological polar surface area (TPSA) is 230 Å². The number of thiazole rings is 1. The zero-order chi connectivity index (χ0) is 50.5. The number of benzene rings is 1. The number of thioether (sulfide) groups is 1. The molecule has 3 N–H and O–H groups in total. The van der Waals surface area contributed by atoms with E-state index in [-0.39, 0.29) is 71.2 Å². The van der Waals surface area contributed by atoms with E-state index in [0.29, 0.717) is 17.2 Å². The van der Waals surface area contributed by atoms with Crippen LogP contribution in [0, 0.1) is 17.3 Å². The number of amides is 6. The summed E-state index contributed by atoms with van der Waals surface area (Å²) < 4.78 is 36.4. The number of hydrogen-bond acceptors (Lipinski definition) is 16. The van der Waals surface area contributed by atoms with Crippen LogP contribution >= 0.6 is 23.1 Å². The summed E-state index contributed by atoms with van der Waals surface area (Å²) in [6.07, 6.45) is 0.974. The molecule has 2 aliphatic heterocycles. The number of carbonyl (C=O) groups excluding carboxylic acids is 7. The van der Waals surface area contributed by atoms with Gasteiger partial charge in [0.1, 0.15) is 22.4 Å². The van der Waals surface area contributed by atoms with Gasteiger partial charge in [-0.2, -0.15) is 0 Å². The Hall–Kier alpha value is -4.93. The monoisotopic (exact) mass is 984 g/mol. The minimum absolute atomic E-state index is 0.0291. The van der Waals surface area contributed by atoms with Gasteiger partial charge in [-0.15, -0.1) is 23.1 Å². The standard InChI is InChI=1S/C46H65BN6O13S2/c1-15-52-18-19-53(36(56)35(52)55)39(58)50-32(26-23-68-38(48-26)51-40(59)63-43(5,6)7)34(54)49-30(47-65-29-22-25-21-28(45(25,11)12)46(29,13)66-47)20-24-16-17-27(67-14)31(37(57)62-42(2,3)4)33(24)61-41(60)64-44(8,9)10/h16-17,23,25,28-30,32H,15,18-22H2,1-14H3,(H,49,54)(H,50,58)(H,48,51,59)/t25-,28-,29+,30-,32?,46-/m0/s1. The third kappa shape index (κ3) is 11.6. The largest absolute Gasteiger partial charge is 0.514 e. The number of anilines is 1. The van der Waals surface area contributed by atoms with E-state index in [2.05, 4.69) is 34.8 Å². The van der Waals surface area contributed by atoms with Crippen molar-refractivity contribution in [3.8, 4) is 5.75 Å². The van der Waals surface area contributed by atoms with Crippen molar-refractivity contribution in [1.29, 1.82) is 0 Å². The summed E-state index contributed by atoms with van der Waals surface area (Å²) in [7, 11) is -1.12. The lowest BCUT2D eigenvalue weighted by Crippen LogP contribution is -2.65. The average molecular weight is 985 g/mol. The van der Waals surface area contributed by atoms with E-state index in [9.17, 15) is 28.8 Å². The van der Waals surface area contributed by atoms with E-state index < -0.39 is 83.5 Å². The Morgan fingerprint density at radius 1 is 0.926 bits per heavy atom. The fraction of sp³-hybridized carbons (Fsp3) is 0.652.